The minimum Gasteiger partial charge on any atom is -0.487 e. The van der Waals surface area contributed by atoms with Gasteiger partial charge in [-0.2, -0.15) is 0 Å². The molecule has 3 rings (SSSR count). The van der Waals surface area contributed by atoms with Crippen LogP contribution in [0.2, 0.25) is 0 Å². The topological polar surface area (TPSA) is 85.9 Å². The Hall–Kier alpha value is -2.28. The molecule has 0 spiro atoms. The van der Waals surface area contributed by atoms with E-state index in [9.17, 15) is 9.59 Å². The van der Waals surface area contributed by atoms with E-state index in [0.717, 1.165) is 12.0 Å². The number of ether oxygens (including phenoxy) is 3. The van der Waals surface area contributed by atoms with Crippen LogP contribution in [0.15, 0.2) is 18.2 Å². The van der Waals surface area contributed by atoms with Gasteiger partial charge in [-0.25, -0.2) is 4.79 Å². The van der Waals surface area contributed by atoms with Gasteiger partial charge in [0.25, 0.3) is 0 Å². The maximum atomic E-state index is 12.6. The lowest BCUT2D eigenvalue weighted by atomic mass is 9.89. The molecule has 0 aromatic heterocycles. The number of carbonyl (C=O) groups is 2. The summed E-state index contributed by atoms with van der Waals surface area (Å²) in [7, 11) is 0. The zero-order valence-electron chi connectivity index (χ0n) is 17.3. The number of hydrogen-bond acceptors (Lipinski definition) is 5. The molecule has 2 atom stereocenters. The van der Waals surface area contributed by atoms with Crippen LogP contribution in [0.1, 0.15) is 59.1 Å². The van der Waals surface area contributed by atoms with Gasteiger partial charge in [-0.3, -0.25) is 10.1 Å². The predicted molar refractivity (Wildman–Crippen MR) is 105 cm³/mol. The summed E-state index contributed by atoms with van der Waals surface area (Å²) in [6.45, 7) is 10.5. The van der Waals surface area contributed by atoms with Crippen molar-refractivity contribution in [1.29, 1.82) is 0 Å². The van der Waals surface area contributed by atoms with E-state index in [1.54, 1.807) is 6.07 Å². The van der Waals surface area contributed by atoms with Crippen LogP contribution in [0.5, 0.6) is 5.75 Å². The van der Waals surface area contributed by atoms with E-state index in [4.69, 9.17) is 14.2 Å². The summed E-state index contributed by atoms with van der Waals surface area (Å²) in [5.41, 5.74) is 0.461. The van der Waals surface area contributed by atoms with Gasteiger partial charge in [0.15, 0.2) is 0 Å². The molecule has 0 bridgehead atoms. The summed E-state index contributed by atoms with van der Waals surface area (Å²) in [5.74, 6) is 0.591. The Morgan fingerprint density at radius 1 is 1.25 bits per heavy atom. The van der Waals surface area contributed by atoms with Crippen molar-refractivity contribution in [2.24, 2.45) is 5.92 Å². The summed E-state index contributed by atoms with van der Waals surface area (Å²) >= 11 is 0. The number of amides is 2. The van der Waals surface area contributed by atoms with Crippen molar-refractivity contribution >= 4 is 17.7 Å². The molecule has 2 aliphatic rings. The van der Waals surface area contributed by atoms with Gasteiger partial charge in [0.2, 0.25) is 5.91 Å². The Morgan fingerprint density at radius 3 is 2.64 bits per heavy atom. The van der Waals surface area contributed by atoms with Gasteiger partial charge >= 0.3 is 6.09 Å². The van der Waals surface area contributed by atoms with E-state index >= 15 is 0 Å². The second-order valence-electron chi connectivity index (χ2n) is 9.07. The molecule has 0 saturated carbocycles. The summed E-state index contributed by atoms with van der Waals surface area (Å²) < 4.78 is 16.7. The molecule has 7 heteroatoms. The van der Waals surface area contributed by atoms with Crippen molar-refractivity contribution < 1.29 is 23.8 Å². The van der Waals surface area contributed by atoms with Gasteiger partial charge in [-0.15, -0.1) is 0 Å². The van der Waals surface area contributed by atoms with Crippen molar-refractivity contribution in [1.82, 2.24) is 5.32 Å². The smallest absolute Gasteiger partial charge is 0.412 e. The lowest BCUT2D eigenvalue weighted by Crippen LogP contribution is -2.43. The molecule has 7 nitrogen and oxygen atoms in total. The highest BCUT2D eigenvalue weighted by Gasteiger charge is 2.36. The van der Waals surface area contributed by atoms with Crippen molar-refractivity contribution in [2.45, 2.75) is 64.7 Å². The Morgan fingerprint density at radius 2 is 2.00 bits per heavy atom. The highest BCUT2D eigenvalue weighted by atomic mass is 16.6. The quantitative estimate of drug-likeness (QED) is 0.820. The fourth-order valence-electron chi connectivity index (χ4n) is 3.51. The van der Waals surface area contributed by atoms with Gasteiger partial charge in [0, 0.05) is 24.3 Å². The van der Waals surface area contributed by atoms with Gasteiger partial charge in [0.1, 0.15) is 17.0 Å². The normalized spacial score (nSPS) is 23.3. The molecular formula is C21H30N2O5. The van der Waals surface area contributed by atoms with Gasteiger partial charge in [0.05, 0.1) is 18.6 Å². The first-order chi connectivity index (χ1) is 13.0. The Balaban J connectivity index is 1.79. The van der Waals surface area contributed by atoms with Gasteiger partial charge in [-0.05, 0) is 59.2 Å². The Bertz CT molecular complexity index is 748. The molecule has 0 unspecified atom stereocenters. The molecule has 0 radical (unpaired) electrons. The molecule has 2 aliphatic heterocycles. The molecule has 2 N–H and O–H groups in total. The lowest BCUT2D eigenvalue weighted by Gasteiger charge is -2.38. The molecule has 1 aromatic rings. The van der Waals surface area contributed by atoms with Crippen molar-refractivity contribution in [3.05, 3.63) is 23.8 Å². The molecule has 2 heterocycles. The van der Waals surface area contributed by atoms with Crippen LogP contribution < -0.4 is 15.4 Å². The molecule has 28 heavy (non-hydrogen) atoms. The second-order valence-corrected chi connectivity index (χ2v) is 9.07. The van der Waals surface area contributed by atoms with E-state index in [-0.39, 0.29) is 17.9 Å². The average Bonchev–Trinajstić information content (AvgIpc) is 3.07. The summed E-state index contributed by atoms with van der Waals surface area (Å²) in [6, 6.07) is 5.23. The predicted octanol–water partition coefficient (Wildman–Crippen LogP) is 3.79. The zero-order chi connectivity index (χ0) is 20.5. The third-order valence-corrected chi connectivity index (χ3v) is 4.73. The molecule has 1 aromatic carbocycles. The van der Waals surface area contributed by atoms with Crippen molar-refractivity contribution in [2.75, 3.05) is 18.5 Å². The van der Waals surface area contributed by atoms with E-state index in [2.05, 4.69) is 10.6 Å². The monoisotopic (exact) mass is 390 g/mol. The molecular weight excluding hydrogens is 360 g/mol. The Kier molecular flexibility index (Phi) is 5.57. The standard InChI is InChI=1S/C21H30N2O5/c1-20(2,3)28-19(25)22-14-6-7-17-15(10-14)16(11-21(4,5)27-17)23-18(24)13-8-9-26-12-13/h6-7,10,13,16H,8-9,11-12H2,1-5H3,(H,22,25)(H,23,24)/t13-,16-/m0/s1. The van der Waals surface area contributed by atoms with Gasteiger partial charge in [-0.1, -0.05) is 0 Å². The number of anilines is 1. The van der Waals surface area contributed by atoms with E-state index in [0.29, 0.717) is 31.1 Å². The average molecular weight is 390 g/mol. The van der Waals surface area contributed by atoms with Crippen LogP contribution >= 0.6 is 0 Å². The highest BCUT2D eigenvalue weighted by Crippen LogP contribution is 2.41. The SMILES string of the molecule is CC(C)(C)OC(=O)Nc1ccc2c(c1)[C@@H](NC(=O)[C@H]1CCOC1)CC(C)(C)O2. The second kappa shape index (κ2) is 7.62. The molecule has 1 saturated heterocycles. The lowest BCUT2D eigenvalue weighted by molar-refractivity contribution is -0.126. The minimum atomic E-state index is -0.578. The van der Waals surface area contributed by atoms with Crippen molar-refractivity contribution in [3.8, 4) is 5.75 Å². The fourth-order valence-corrected chi connectivity index (χ4v) is 3.51. The minimum absolute atomic E-state index is 0.00310. The largest absolute Gasteiger partial charge is 0.487 e. The summed E-state index contributed by atoms with van der Waals surface area (Å²) in [4.78, 5) is 24.7. The van der Waals surface area contributed by atoms with Crippen LogP contribution in [0.25, 0.3) is 0 Å². The Labute approximate surface area is 166 Å². The number of carbonyl (C=O) groups excluding carboxylic acids is 2. The third kappa shape index (κ3) is 5.16. The number of fused-ring (bicyclic) bond motifs is 1. The fraction of sp³-hybridized carbons (Fsp3) is 0.619. The first-order valence-corrected chi connectivity index (χ1v) is 9.73. The first-order valence-electron chi connectivity index (χ1n) is 9.73. The van der Waals surface area contributed by atoms with Crippen LogP contribution in [-0.4, -0.2) is 36.4 Å². The van der Waals surface area contributed by atoms with E-state index in [1.165, 1.54) is 0 Å². The zero-order valence-corrected chi connectivity index (χ0v) is 17.3. The van der Waals surface area contributed by atoms with E-state index in [1.807, 2.05) is 46.8 Å². The summed E-state index contributed by atoms with van der Waals surface area (Å²) in [6.07, 6.45) is 0.856. The van der Waals surface area contributed by atoms with Crippen LogP contribution in [0.4, 0.5) is 10.5 Å². The first kappa shape index (κ1) is 20.5. The third-order valence-electron chi connectivity index (χ3n) is 4.73. The highest BCUT2D eigenvalue weighted by molar-refractivity contribution is 5.85. The number of benzene rings is 1. The molecule has 2 amide bonds. The van der Waals surface area contributed by atoms with Crippen LogP contribution in [0.3, 0.4) is 0 Å². The molecule has 1 fully saturated rings. The summed E-state index contributed by atoms with van der Waals surface area (Å²) in [5, 5.41) is 5.90. The molecule has 154 valence electrons. The number of nitrogens with one attached hydrogen (secondary N) is 2. The van der Waals surface area contributed by atoms with Gasteiger partial charge < -0.3 is 19.5 Å². The number of hydrogen-bond donors (Lipinski definition) is 2. The maximum Gasteiger partial charge on any atom is 0.412 e. The van der Waals surface area contributed by atoms with E-state index < -0.39 is 17.3 Å². The number of rotatable bonds is 3. The van der Waals surface area contributed by atoms with Crippen molar-refractivity contribution in [3.63, 3.8) is 0 Å². The van der Waals surface area contributed by atoms with Crippen LogP contribution in [0, 0.1) is 5.92 Å². The maximum absolute atomic E-state index is 12.6. The molecule has 0 aliphatic carbocycles. The van der Waals surface area contributed by atoms with Crippen LogP contribution in [-0.2, 0) is 14.3 Å².